The van der Waals surface area contributed by atoms with Crippen LogP contribution in [0.3, 0.4) is 0 Å². The number of hydrogen-bond donors (Lipinski definition) is 1. The third-order valence-electron chi connectivity index (χ3n) is 2.29. The standard InChI is InChI=1S/C12H11NOS2/c1-8-2-4-9(5-3-8)6-7-10-11(14)13-12(15)16-10/h2-5,7H,6H2,1H3,(H,13,14,15). The summed E-state index contributed by atoms with van der Waals surface area (Å²) >= 11 is 6.24. The van der Waals surface area contributed by atoms with Crippen LogP contribution < -0.4 is 5.32 Å². The Kier molecular flexibility index (Phi) is 3.41. The van der Waals surface area contributed by atoms with E-state index in [1.165, 1.54) is 22.9 Å². The summed E-state index contributed by atoms with van der Waals surface area (Å²) in [5.41, 5.74) is 2.44. The van der Waals surface area contributed by atoms with Gasteiger partial charge in [0.15, 0.2) is 0 Å². The second-order valence-corrected chi connectivity index (χ2v) is 5.32. The summed E-state index contributed by atoms with van der Waals surface area (Å²) < 4.78 is 0.542. The number of aryl methyl sites for hydroxylation is 1. The number of thioether (sulfide) groups is 1. The quantitative estimate of drug-likeness (QED) is 0.645. The average molecular weight is 249 g/mol. The minimum Gasteiger partial charge on any atom is -0.307 e. The summed E-state index contributed by atoms with van der Waals surface area (Å²) in [7, 11) is 0. The Bertz CT molecular complexity index is 462. The third-order valence-corrected chi connectivity index (χ3v) is 3.50. The zero-order valence-electron chi connectivity index (χ0n) is 8.82. The van der Waals surface area contributed by atoms with Gasteiger partial charge in [-0.25, -0.2) is 0 Å². The van der Waals surface area contributed by atoms with E-state index in [1.807, 2.05) is 6.08 Å². The number of hydrogen-bond acceptors (Lipinski definition) is 3. The fraction of sp³-hybridized carbons (Fsp3) is 0.167. The summed E-state index contributed by atoms with van der Waals surface area (Å²) in [5.74, 6) is -0.0814. The first kappa shape index (κ1) is 11.4. The van der Waals surface area contributed by atoms with E-state index in [-0.39, 0.29) is 5.91 Å². The molecule has 2 nitrogen and oxygen atoms in total. The van der Waals surface area contributed by atoms with Crippen molar-refractivity contribution >= 4 is 34.2 Å². The van der Waals surface area contributed by atoms with E-state index in [4.69, 9.17) is 12.2 Å². The maximum absolute atomic E-state index is 11.4. The van der Waals surface area contributed by atoms with Crippen LogP contribution in [0, 0.1) is 6.92 Å². The maximum atomic E-state index is 11.4. The van der Waals surface area contributed by atoms with Gasteiger partial charge < -0.3 is 5.32 Å². The Hall–Kier alpha value is -1.13. The number of thiocarbonyl (C=S) groups is 1. The Morgan fingerprint density at radius 2 is 2.06 bits per heavy atom. The molecule has 0 bridgehead atoms. The number of nitrogens with one attached hydrogen (secondary N) is 1. The molecule has 16 heavy (non-hydrogen) atoms. The van der Waals surface area contributed by atoms with E-state index in [0.29, 0.717) is 9.23 Å². The average Bonchev–Trinajstić information content (AvgIpc) is 2.57. The van der Waals surface area contributed by atoms with Crippen LogP contribution in [0.2, 0.25) is 0 Å². The van der Waals surface area contributed by atoms with Crippen LogP contribution in [0.4, 0.5) is 0 Å². The lowest BCUT2D eigenvalue weighted by Gasteiger charge is -1.97. The monoisotopic (exact) mass is 249 g/mol. The summed E-state index contributed by atoms with van der Waals surface area (Å²) in [5, 5.41) is 2.60. The molecule has 1 aromatic carbocycles. The van der Waals surface area contributed by atoms with Gasteiger partial charge in [-0.1, -0.05) is 59.9 Å². The largest absolute Gasteiger partial charge is 0.307 e. The van der Waals surface area contributed by atoms with Crippen LogP contribution in [0.1, 0.15) is 11.1 Å². The van der Waals surface area contributed by atoms with Gasteiger partial charge in [0, 0.05) is 0 Å². The fourth-order valence-corrected chi connectivity index (χ4v) is 2.41. The van der Waals surface area contributed by atoms with E-state index >= 15 is 0 Å². The second-order valence-electron chi connectivity index (χ2n) is 3.60. The van der Waals surface area contributed by atoms with Gasteiger partial charge in [-0.05, 0) is 18.9 Å². The topological polar surface area (TPSA) is 29.1 Å². The Labute approximate surface area is 104 Å². The molecule has 0 aromatic heterocycles. The van der Waals surface area contributed by atoms with Crippen LogP contribution in [-0.2, 0) is 11.2 Å². The van der Waals surface area contributed by atoms with Gasteiger partial charge >= 0.3 is 0 Å². The minimum atomic E-state index is -0.0814. The van der Waals surface area contributed by atoms with Crippen LogP contribution in [0.5, 0.6) is 0 Å². The van der Waals surface area contributed by atoms with Crippen molar-refractivity contribution in [3.05, 3.63) is 46.4 Å². The molecule has 1 aliphatic rings. The zero-order valence-corrected chi connectivity index (χ0v) is 10.5. The van der Waals surface area contributed by atoms with Crippen LogP contribution >= 0.6 is 24.0 Å². The lowest BCUT2D eigenvalue weighted by Crippen LogP contribution is -2.17. The van der Waals surface area contributed by atoms with E-state index in [1.54, 1.807) is 0 Å². The molecule has 82 valence electrons. The van der Waals surface area contributed by atoms with Crippen LogP contribution in [-0.4, -0.2) is 10.2 Å². The van der Waals surface area contributed by atoms with Gasteiger partial charge in [0.2, 0.25) is 0 Å². The van der Waals surface area contributed by atoms with E-state index in [0.717, 1.165) is 6.42 Å². The minimum absolute atomic E-state index is 0.0814. The molecule has 1 N–H and O–H groups in total. The highest BCUT2D eigenvalue weighted by Crippen LogP contribution is 2.23. The molecule has 0 radical (unpaired) electrons. The highest BCUT2D eigenvalue weighted by atomic mass is 32.2. The number of amides is 1. The number of carbonyl (C=O) groups excluding carboxylic acids is 1. The van der Waals surface area contributed by atoms with Crippen molar-refractivity contribution in [2.24, 2.45) is 0 Å². The molecule has 1 saturated heterocycles. The first-order chi connectivity index (χ1) is 7.65. The molecule has 1 heterocycles. The second kappa shape index (κ2) is 4.80. The maximum Gasteiger partial charge on any atom is 0.263 e. The van der Waals surface area contributed by atoms with Crippen molar-refractivity contribution in [1.82, 2.24) is 5.32 Å². The van der Waals surface area contributed by atoms with Crippen molar-refractivity contribution in [3.63, 3.8) is 0 Å². The summed E-state index contributed by atoms with van der Waals surface area (Å²) in [4.78, 5) is 12.1. The first-order valence-electron chi connectivity index (χ1n) is 4.94. The Morgan fingerprint density at radius 1 is 1.38 bits per heavy atom. The highest BCUT2D eigenvalue weighted by molar-refractivity contribution is 8.26. The van der Waals surface area contributed by atoms with Gasteiger partial charge in [0.1, 0.15) is 4.32 Å². The molecule has 0 aliphatic carbocycles. The van der Waals surface area contributed by atoms with Gasteiger partial charge in [-0.2, -0.15) is 0 Å². The Balaban J connectivity index is 2.06. The number of rotatable bonds is 2. The molecule has 4 heteroatoms. The molecule has 0 unspecified atom stereocenters. The molecular weight excluding hydrogens is 238 g/mol. The SMILES string of the molecule is Cc1ccc(CC=C2SC(=S)NC2=O)cc1. The predicted octanol–water partition coefficient (Wildman–Crippen LogP) is 2.57. The summed E-state index contributed by atoms with van der Waals surface area (Å²) in [6.07, 6.45) is 2.68. The smallest absolute Gasteiger partial charge is 0.263 e. The molecule has 1 aromatic rings. The first-order valence-corrected chi connectivity index (χ1v) is 6.16. The van der Waals surface area contributed by atoms with Crippen molar-refractivity contribution in [1.29, 1.82) is 0 Å². The van der Waals surface area contributed by atoms with Crippen molar-refractivity contribution in [3.8, 4) is 0 Å². The molecule has 0 atom stereocenters. The molecule has 1 aliphatic heterocycles. The number of benzene rings is 1. The van der Waals surface area contributed by atoms with E-state index in [9.17, 15) is 4.79 Å². The van der Waals surface area contributed by atoms with Crippen molar-refractivity contribution in [2.45, 2.75) is 13.3 Å². The molecule has 2 rings (SSSR count). The molecule has 1 fully saturated rings. The van der Waals surface area contributed by atoms with Gasteiger partial charge in [0.25, 0.3) is 5.91 Å². The van der Waals surface area contributed by atoms with Gasteiger partial charge in [0.05, 0.1) is 4.91 Å². The normalized spacial score (nSPS) is 17.9. The number of allylic oxidation sites excluding steroid dienone is 1. The lowest BCUT2D eigenvalue weighted by molar-refractivity contribution is -0.115. The molecular formula is C12H11NOS2. The van der Waals surface area contributed by atoms with E-state index < -0.39 is 0 Å². The molecule has 0 spiro atoms. The van der Waals surface area contributed by atoms with Gasteiger partial charge in [-0.15, -0.1) is 0 Å². The fourth-order valence-electron chi connectivity index (χ4n) is 1.40. The van der Waals surface area contributed by atoms with E-state index in [2.05, 4.69) is 36.5 Å². The predicted molar refractivity (Wildman–Crippen MR) is 71.3 cm³/mol. The van der Waals surface area contributed by atoms with Gasteiger partial charge in [-0.3, -0.25) is 4.79 Å². The van der Waals surface area contributed by atoms with Crippen LogP contribution in [0.15, 0.2) is 35.2 Å². The van der Waals surface area contributed by atoms with Crippen molar-refractivity contribution < 1.29 is 4.79 Å². The summed E-state index contributed by atoms with van der Waals surface area (Å²) in [6, 6.07) is 8.28. The lowest BCUT2D eigenvalue weighted by atomic mass is 10.1. The number of carbonyl (C=O) groups is 1. The van der Waals surface area contributed by atoms with Crippen LogP contribution in [0.25, 0.3) is 0 Å². The zero-order chi connectivity index (χ0) is 11.5. The highest BCUT2D eigenvalue weighted by Gasteiger charge is 2.21. The van der Waals surface area contributed by atoms with Crippen molar-refractivity contribution in [2.75, 3.05) is 0 Å². The molecule has 1 amide bonds. The molecule has 0 saturated carbocycles. The Morgan fingerprint density at radius 3 is 2.62 bits per heavy atom. The third kappa shape index (κ3) is 2.71. The summed E-state index contributed by atoms with van der Waals surface area (Å²) in [6.45, 7) is 2.06.